The van der Waals surface area contributed by atoms with Gasteiger partial charge in [0.15, 0.2) is 11.5 Å². The number of methoxy groups -OCH3 is 1. The van der Waals surface area contributed by atoms with E-state index in [1.165, 1.54) is 13.4 Å². The monoisotopic (exact) mass is 512 g/mol. The van der Waals surface area contributed by atoms with E-state index in [9.17, 15) is 4.79 Å². The average Bonchev–Trinajstić information content (AvgIpc) is 3.26. The smallest absolute Gasteiger partial charge is 0.338 e. The number of nitrogens with one attached hydrogen (secondary N) is 1. The minimum atomic E-state index is -0.544. The Morgan fingerprint density at radius 3 is 2.73 bits per heavy atom. The number of aromatic nitrogens is 3. The van der Waals surface area contributed by atoms with E-state index in [1.807, 2.05) is 44.2 Å². The first-order chi connectivity index (χ1) is 15.9. The highest BCUT2D eigenvalue weighted by atomic mass is 79.9. The van der Waals surface area contributed by atoms with Crippen molar-refractivity contribution in [3.8, 4) is 11.5 Å². The van der Waals surface area contributed by atoms with Gasteiger partial charge in [-0.05, 0) is 65.5 Å². The van der Waals surface area contributed by atoms with E-state index < -0.39 is 12.0 Å². The molecule has 0 radical (unpaired) electrons. The molecule has 0 fully saturated rings. The summed E-state index contributed by atoms with van der Waals surface area (Å²) in [4.78, 5) is 17.0. The lowest BCUT2D eigenvalue weighted by atomic mass is 9.95. The van der Waals surface area contributed by atoms with Gasteiger partial charge in [0.1, 0.15) is 19.0 Å². The third kappa shape index (κ3) is 4.45. The van der Waals surface area contributed by atoms with Gasteiger partial charge in [-0.1, -0.05) is 24.3 Å². The molecule has 0 spiro atoms. The molecule has 8 nitrogen and oxygen atoms in total. The van der Waals surface area contributed by atoms with Crippen LogP contribution in [0.15, 0.2) is 58.5 Å². The Balaban J connectivity index is 1.77. The van der Waals surface area contributed by atoms with Crippen LogP contribution in [0.4, 0.5) is 5.95 Å². The van der Waals surface area contributed by atoms with Gasteiger partial charge in [-0.25, -0.2) is 9.48 Å². The molecule has 1 unspecified atom stereocenters. The average molecular weight is 513 g/mol. The molecule has 0 saturated heterocycles. The zero-order valence-electron chi connectivity index (χ0n) is 18.9. The molecule has 2 heterocycles. The normalized spacial score (nSPS) is 15.0. The summed E-state index contributed by atoms with van der Waals surface area (Å²) in [5.41, 5.74) is 4.12. The number of rotatable bonds is 7. The number of hydrogen-bond donors (Lipinski definition) is 1. The van der Waals surface area contributed by atoms with E-state index in [4.69, 9.17) is 14.2 Å². The SMILES string of the molecule is CCOc1cc(C2C(C(=O)OC)=C(C)Nc3ncnn32)cc(Br)c1OCc1ccccc1C. The van der Waals surface area contributed by atoms with Crippen molar-refractivity contribution in [3.63, 3.8) is 0 Å². The molecule has 0 bridgehead atoms. The minimum absolute atomic E-state index is 0.400. The molecule has 1 N–H and O–H groups in total. The van der Waals surface area contributed by atoms with Crippen molar-refractivity contribution in [1.82, 2.24) is 14.8 Å². The summed E-state index contributed by atoms with van der Waals surface area (Å²) in [6.07, 6.45) is 1.45. The number of aryl methyl sites for hydroxylation is 1. The van der Waals surface area contributed by atoms with Crippen molar-refractivity contribution in [2.24, 2.45) is 0 Å². The molecule has 0 aliphatic carbocycles. The Morgan fingerprint density at radius 1 is 1.21 bits per heavy atom. The number of hydrogen-bond acceptors (Lipinski definition) is 7. The molecule has 172 valence electrons. The fourth-order valence-corrected chi connectivity index (χ4v) is 4.42. The van der Waals surface area contributed by atoms with Crippen molar-refractivity contribution >= 4 is 27.8 Å². The van der Waals surface area contributed by atoms with E-state index in [2.05, 4.69) is 44.3 Å². The van der Waals surface area contributed by atoms with Gasteiger partial charge in [0.05, 0.1) is 23.8 Å². The van der Waals surface area contributed by atoms with Gasteiger partial charge in [0, 0.05) is 5.70 Å². The Kier molecular flexibility index (Phi) is 6.69. The second-order valence-electron chi connectivity index (χ2n) is 7.56. The predicted octanol–water partition coefficient (Wildman–Crippen LogP) is 4.79. The maximum absolute atomic E-state index is 12.7. The number of halogens is 1. The van der Waals surface area contributed by atoms with Gasteiger partial charge >= 0.3 is 5.97 Å². The molecule has 1 aliphatic heterocycles. The molecule has 3 aromatic rings. The first kappa shape index (κ1) is 22.8. The number of allylic oxidation sites excluding steroid dienone is 1. The molecule has 4 rings (SSSR count). The van der Waals surface area contributed by atoms with E-state index in [-0.39, 0.29) is 0 Å². The minimum Gasteiger partial charge on any atom is -0.490 e. The second-order valence-corrected chi connectivity index (χ2v) is 8.42. The number of nitrogens with zero attached hydrogens (tertiary/aromatic N) is 3. The molecule has 0 saturated carbocycles. The number of anilines is 1. The van der Waals surface area contributed by atoms with Crippen LogP contribution in [0.5, 0.6) is 11.5 Å². The van der Waals surface area contributed by atoms with Crippen LogP contribution >= 0.6 is 15.9 Å². The Labute approximate surface area is 200 Å². The molecule has 33 heavy (non-hydrogen) atoms. The van der Waals surface area contributed by atoms with Gasteiger partial charge in [-0.2, -0.15) is 10.1 Å². The van der Waals surface area contributed by atoms with Crippen LogP contribution in [0.25, 0.3) is 0 Å². The highest BCUT2D eigenvalue weighted by Gasteiger charge is 2.35. The van der Waals surface area contributed by atoms with Crippen LogP contribution in [-0.4, -0.2) is 34.5 Å². The van der Waals surface area contributed by atoms with Gasteiger partial charge in [0.2, 0.25) is 5.95 Å². The highest BCUT2D eigenvalue weighted by Crippen LogP contribution is 2.43. The quantitative estimate of drug-likeness (QED) is 0.455. The molecule has 2 aromatic carbocycles. The first-order valence-electron chi connectivity index (χ1n) is 10.5. The van der Waals surface area contributed by atoms with Crippen molar-refractivity contribution in [2.75, 3.05) is 19.0 Å². The van der Waals surface area contributed by atoms with E-state index >= 15 is 0 Å². The summed E-state index contributed by atoms with van der Waals surface area (Å²) >= 11 is 3.65. The van der Waals surface area contributed by atoms with Crippen LogP contribution < -0.4 is 14.8 Å². The predicted molar refractivity (Wildman–Crippen MR) is 127 cm³/mol. The van der Waals surface area contributed by atoms with Crippen molar-refractivity contribution < 1.29 is 19.0 Å². The van der Waals surface area contributed by atoms with Crippen molar-refractivity contribution in [3.05, 3.63) is 75.2 Å². The Morgan fingerprint density at radius 2 is 2.00 bits per heavy atom. The maximum atomic E-state index is 12.7. The van der Waals surface area contributed by atoms with E-state index in [0.29, 0.717) is 46.4 Å². The van der Waals surface area contributed by atoms with Gasteiger partial charge in [-0.3, -0.25) is 0 Å². The second kappa shape index (κ2) is 9.66. The number of carbonyl (C=O) groups excluding carboxylic acids is 1. The Bertz CT molecular complexity index is 1220. The first-order valence-corrected chi connectivity index (χ1v) is 11.3. The number of carbonyl (C=O) groups is 1. The zero-order valence-corrected chi connectivity index (χ0v) is 20.5. The summed E-state index contributed by atoms with van der Waals surface area (Å²) in [5.74, 6) is 1.26. The van der Waals surface area contributed by atoms with Crippen LogP contribution in [-0.2, 0) is 16.1 Å². The van der Waals surface area contributed by atoms with Crippen molar-refractivity contribution in [1.29, 1.82) is 0 Å². The largest absolute Gasteiger partial charge is 0.490 e. The van der Waals surface area contributed by atoms with E-state index in [1.54, 1.807) is 4.68 Å². The van der Waals surface area contributed by atoms with Crippen LogP contribution in [0.3, 0.4) is 0 Å². The molecule has 0 amide bonds. The topological polar surface area (TPSA) is 87.5 Å². The van der Waals surface area contributed by atoms with E-state index in [0.717, 1.165) is 16.7 Å². The fraction of sp³-hybridized carbons (Fsp3) is 0.292. The lowest BCUT2D eigenvalue weighted by Crippen LogP contribution is -2.29. The lowest BCUT2D eigenvalue weighted by Gasteiger charge is -2.28. The number of fused-ring (bicyclic) bond motifs is 1. The highest BCUT2D eigenvalue weighted by molar-refractivity contribution is 9.10. The van der Waals surface area contributed by atoms with Crippen molar-refractivity contribution in [2.45, 2.75) is 33.4 Å². The zero-order chi connectivity index (χ0) is 23.5. The van der Waals surface area contributed by atoms with Crippen LogP contribution in [0, 0.1) is 6.92 Å². The molecule has 1 aliphatic rings. The number of ether oxygens (including phenoxy) is 3. The third-order valence-corrected chi connectivity index (χ3v) is 6.07. The summed E-state index contributed by atoms with van der Waals surface area (Å²) in [6.45, 7) is 6.63. The number of esters is 1. The summed E-state index contributed by atoms with van der Waals surface area (Å²) in [6, 6.07) is 11.3. The standard InChI is InChI=1S/C24H25BrN4O4/c1-5-32-19-11-17(10-18(25)22(19)33-12-16-9-7-6-8-14(16)2)21-20(23(30)31-4)15(3)28-24-26-13-27-29(21)24/h6-11,13,21H,5,12H2,1-4H3,(H,26,27,28). The van der Waals surface area contributed by atoms with Crippen LogP contribution in [0.1, 0.15) is 36.6 Å². The summed E-state index contributed by atoms with van der Waals surface area (Å²) in [5, 5.41) is 7.46. The summed E-state index contributed by atoms with van der Waals surface area (Å²) in [7, 11) is 1.36. The Hall–Kier alpha value is -3.33. The van der Waals surface area contributed by atoms with Gasteiger partial charge in [0.25, 0.3) is 0 Å². The molecular formula is C24H25BrN4O4. The summed E-state index contributed by atoms with van der Waals surface area (Å²) < 4.78 is 19.5. The maximum Gasteiger partial charge on any atom is 0.338 e. The third-order valence-electron chi connectivity index (χ3n) is 5.48. The van der Waals surface area contributed by atoms with Crippen LogP contribution in [0.2, 0.25) is 0 Å². The van der Waals surface area contributed by atoms with Gasteiger partial charge in [-0.15, -0.1) is 0 Å². The van der Waals surface area contributed by atoms with Gasteiger partial charge < -0.3 is 19.5 Å². The fourth-order valence-electron chi connectivity index (χ4n) is 3.84. The lowest BCUT2D eigenvalue weighted by molar-refractivity contribution is -0.136. The number of benzene rings is 2. The molecule has 9 heteroatoms. The molecule has 1 aromatic heterocycles. The molecule has 1 atom stereocenters. The molecular weight excluding hydrogens is 488 g/mol.